The molecule has 0 aliphatic heterocycles. The van der Waals surface area contributed by atoms with E-state index in [0.717, 1.165) is 21.3 Å². The van der Waals surface area contributed by atoms with E-state index in [9.17, 15) is 13.2 Å². The maximum atomic E-state index is 12.7. The van der Waals surface area contributed by atoms with E-state index in [1.807, 2.05) is 32.0 Å². The van der Waals surface area contributed by atoms with Crippen molar-refractivity contribution in [2.75, 3.05) is 6.61 Å². The quantitative estimate of drug-likeness (QED) is 0.612. The highest BCUT2D eigenvalue weighted by atomic mass is 32.2. The van der Waals surface area contributed by atoms with Crippen molar-refractivity contribution in [3.05, 3.63) is 58.4 Å². The molecule has 3 rings (SSSR count). The highest BCUT2D eigenvalue weighted by molar-refractivity contribution is 7.90. The second-order valence-electron chi connectivity index (χ2n) is 6.13. The first kappa shape index (κ1) is 19.3. The summed E-state index contributed by atoms with van der Waals surface area (Å²) in [5.74, 6) is -0.438. The molecule has 0 spiro atoms. The molecule has 2 aromatic carbocycles. The van der Waals surface area contributed by atoms with E-state index in [-0.39, 0.29) is 22.8 Å². The molecule has 0 aliphatic carbocycles. The second-order valence-corrected chi connectivity index (χ2v) is 8.74. The molecule has 0 atom stereocenters. The van der Waals surface area contributed by atoms with Crippen LogP contribution < -0.4 is 4.80 Å². The van der Waals surface area contributed by atoms with Crippen LogP contribution in [0.25, 0.3) is 10.2 Å². The summed E-state index contributed by atoms with van der Waals surface area (Å²) in [5, 5.41) is 0. The first-order valence-corrected chi connectivity index (χ1v) is 10.7. The summed E-state index contributed by atoms with van der Waals surface area (Å²) in [4.78, 5) is 12.4. The fraction of sp³-hybridized carbons (Fsp3) is 0.263. The monoisotopic (exact) mass is 404 g/mol. The number of carbonyl (C=O) groups excluding carboxylic acids is 1. The summed E-state index contributed by atoms with van der Waals surface area (Å²) in [6, 6.07) is 12.2. The summed E-state index contributed by atoms with van der Waals surface area (Å²) in [6.45, 7) is 5.72. The lowest BCUT2D eigenvalue weighted by Gasteiger charge is -2.05. The van der Waals surface area contributed by atoms with Crippen molar-refractivity contribution in [1.29, 1.82) is 0 Å². The number of thiazole rings is 1. The van der Waals surface area contributed by atoms with Crippen molar-refractivity contribution in [3.63, 3.8) is 0 Å². The third-order valence-electron chi connectivity index (χ3n) is 3.95. The van der Waals surface area contributed by atoms with Gasteiger partial charge >= 0.3 is 5.97 Å². The van der Waals surface area contributed by atoms with Crippen LogP contribution in [0.3, 0.4) is 0 Å². The van der Waals surface area contributed by atoms with Crippen LogP contribution in [0.4, 0.5) is 0 Å². The highest BCUT2D eigenvalue weighted by Crippen LogP contribution is 2.20. The second kappa shape index (κ2) is 7.66. The number of hydrogen-bond donors (Lipinski definition) is 0. The topological polar surface area (TPSA) is 77.7 Å². The summed E-state index contributed by atoms with van der Waals surface area (Å²) in [5.41, 5.74) is 2.75. The van der Waals surface area contributed by atoms with Gasteiger partial charge in [-0.05, 0) is 50.6 Å². The molecule has 1 aromatic heterocycles. The Morgan fingerprint density at radius 1 is 1.11 bits per heavy atom. The van der Waals surface area contributed by atoms with Gasteiger partial charge in [0.2, 0.25) is 4.80 Å². The molecule has 6 nitrogen and oxygen atoms in total. The lowest BCUT2D eigenvalue weighted by Crippen LogP contribution is -2.23. The Hall–Kier alpha value is -2.45. The maximum Gasteiger partial charge on any atom is 0.326 e. The molecule has 0 saturated heterocycles. The lowest BCUT2D eigenvalue weighted by molar-refractivity contribution is -0.143. The standard InChI is InChI=1S/C19H20N2O4S2/c1-4-25-18(22)12-21-16-10-7-14(3)11-17(16)26-19(21)20-27(23,24)15-8-5-13(2)6-9-15/h5-11H,4,12H2,1-3H3/b20-19-. The molecule has 0 fully saturated rings. The van der Waals surface area contributed by atoms with Crippen LogP contribution in [0.5, 0.6) is 0 Å². The van der Waals surface area contributed by atoms with Gasteiger partial charge in [-0.15, -0.1) is 4.40 Å². The van der Waals surface area contributed by atoms with E-state index >= 15 is 0 Å². The third kappa shape index (κ3) is 4.28. The average molecular weight is 405 g/mol. The zero-order valence-electron chi connectivity index (χ0n) is 15.3. The summed E-state index contributed by atoms with van der Waals surface area (Å²) in [6.07, 6.45) is 0. The average Bonchev–Trinajstić information content (AvgIpc) is 2.91. The molecule has 27 heavy (non-hydrogen) atoms. The minimum atomic E-state index is -3.90. The van der Waals surface area contributed by atoms with Gasteiger partial charge in [-0.3, -0.25) is 4.79 Å². The van der Waals surface area contributed by atoms with Gasteiger partial charge in [-0.2, -0.15) is 8.42 Å². The molecule has 142 valence electrons. The Labute approximate surface area is 161 Å². The lowest BCUT2D eigenvalue weighted by atomic mass is 10.2. The number of aryl methyl sites for hydroxylation is 2. The van der Waals surface area contributed by atoms with E-state index in [1.165, 1.54) is 23.5 Å². The molecular weight excluding hydrogens is 384 g/mol. The van der Waals surface area contributed by atoms with E-state index in [0.29, 0.717) is 0 Å². The summed E-state index contributed by atoms with van der Waals surface area (Å²) < 4.78 is 36.9. The van der Waals surface area contributed by atoms with Crippen molar-refractivity contribution in [3.8, 4) is 0 Å². The highest BCUT2D eigenvalue weighted by Gasteiger charge is 2.16. The zero-order chi connectivity index (χ0) is 19.6. The third-order valence-corrected chi connectivity index (χ3v) is 6.39. The van der Waals surface area contributed by atoms with Crippen molar-refractivity contribution in [2.24, 2.45) is 4.40 Å². The van der Waals surface area contributed by atoms with E-state index in [1.54, 1.807) is 23.6 Å². The van der Waals surface area contributed by atoms with Crippen LogP contribution in [-0.4, -0.2) is 25.6 Å². The van der Waals surface area contributed by atoms with Crippen LogP contribution >= 0.6 is 11.3 Å². The van der Waals surface area contributed by atoms with Crippen molar-refractivity contribution in [2.45, 2.75) is 32.2 Å². The largest absolute Gasteiger partial charge is 0.465 e. The van der Waals surface area contributed by atoms with Gasteiger partial charge in [0.1, 0.15) is 6.54 Å². The molecule has 1 heterocycles. The SMILES string of the molecule is CCOC(=O)Cn1/c(=N/S(=O)(=O)c2ccc(C)cc2)sc2cc(C)ccc21. The van der Waals surface area contributed by atoms with Crippen LogP contribution in [0.15, 0.2) is 51.8 Å². The van der Waals surface area contributed by atoms with Gasteiger partial charge in [-0.25, -0.2) is 0 Å². The summed E-state index contributed by atoms with van der Waals surface area (Å²) >= 11 is 1.23. The van der Waals surface area contributed by atoms with Crippen LogP contribution in [-0.2, 0) is 26.1 Å². The van der Waals surface area contributed by atoms with Gasteiger partial charge in [0.25, 0.3) is 10.0 Å². The van der Waals surface area contributed by atoms with E-state index < -0.39 is 16.0 Å². The van der Waals surface area contributed by atoms with Crippen LogP contribution in [0.1, 0.15) is 18.1 Å². The van der Waals surface area contributed by atoms with Gasteiger partial charge < -0.3 is 9.30 Å². The smallest absolute Gasteiger partial charge is 0.326 e. The molecule has 0 bridgehead atoms. The Kier molecular flexibility index (Phi) is 5.48. The first-order valence-electron chi connectivity index (χ1n) is 8.43. The Morgan fingerprint density at radius 3 is 2.44 bits per heavy atom. The minimum absolute atomic E-state index is 0.0981. The van der Waals surface area contributed by atoms with Crippen molar-refractivity contribution >= 4 is 37.5 Å². The molecule has 0 unspecified atom stereocenters. The Morgan fingerprint density at radius 2 is 1.78 bits per heavy atom. The fourth-order valence-corrected chi connectivity index (χ4v) is 4.94. The van der Waals surface area contributed by atoms with E-state index in [4.69, 9.17) is 4.74 Å². The predicted octanol–water partition coefficient (Wildman–Crippen LogP) is 3.17. The Bertz CT molecular complexity index is 1160. The minimum Gasteiger partial charge on any atom is -0.465 e. The molecule has 0 amide bonds. The number of fused-ring (bicyclic) bond motifs is 1. The normalized spacial score (nSPS) is 12.5. The number of hydrogen-bond acceptors (Lipinski definition) is 5. The zero-order valence-corrected chi connectivity index (χ0v) is 16.9. The molecule has 8 heteroatoms. The molecule has 0 aliphatic rings. The number of rotatable bonds is 5. The number of aromatic nitrogens is 1. The number of benzene rings is 2. The maximum absolute atomic E-state index is 12.7. The Balaban J connectivity index is 2.18. The number of carbonyl (C=O) groups is 1. The number of sulfonamides is 1. The molecule has 0 saturated carbocycles. The van der Waals surface area contributed by atoms with Crippen molar-refractivity contribution < 1.29 is 17.9 Å². The molecule has 3 aromatic rings. The van der Waals surface area contributed by atoms with Gasteiger partial charge in [0, 0.05) is 0 Å². The summed E-state index contributed by atoms with van der Waals surface area (Å²) in [7, 11) is -3.90. The van der Waals surface area contributed by atoms with Gasteiger partial charge in [0.05, 0.1) is 21.7 Å². The fourth-order valence-electron chi connectivity index (χ4n) is 2.60. The van der Waals surface area contributed by atoms with Crippen LogP contribution in [0, 0.1) is 13.8 Å². The van der Waals surface area contributed by atoms with Gasteiger partial charge in [0.15, 0.2) is 0 Å². The molecule has 0 N–H and O–H groups in total. The number of ether oxygens (including phenoxy) is 1. The van der Waals surface area contributed by atoms with Crippen molar-refractivity contribution in [1.82, 2.24) is 4.57 Å². The molecular formula is C19H20N2O4S2. The number of nitrogens with zero attached hydrogens (tertiary/aromatic N) is 2. The molecule has 0 radical (unpaired) electrons. The number of esters is 1. The first-order chi connectivity index (χ1) is 12.8. The van der Waals surface area contributed by atoms with Crippen LogP contribution in [0.2, 0.25) is 0 Å². The predicted molar refractivity (Wildman–Crippen MR) is 105 cm³/mol. The van der Waals surface area contributed by atoms with Gasteiger partial charge in [-0.1, -0.05) is 35.1 Å². The van der Waals surface area contributed by atoms with E-state index in [2.05, 4.69) is 4.40 Å².